The first-order valence-electron chi connectivity index (χ1n) is 8.43. The van der Waals surface area contributed by atoms with Crippen molar-refractivity contribution < 1.29 is 13.2 Å². The Kier molecular flexibility index (Phi) is 5.25. The van der Waals surface area contributed by atoms with Crippen LogP contribution in [0.1, 0.15) is 19.3 Å². The summed E-state index contributed by atoms with van der Waals surface area (Å²) in [5, 5.41) is 4.93. The summed E-state index contributed by atoms with van der Waals surface area (Å²) < 4.78 is 34.1. The van der Waals surface area contributed by atoms with Crippen molar-refractivity contribution in [3.8, 4) is 5.75 Å². The summed E-state index contributed by atoms with van der Waals surface area (Å²) in [6.07, 6.45) is 2.77. The fourth-order valence-electron chi connectivity index (χ4n) is 4.09. The van der Waals surface area contributed by atoms with Crippen LogP contribution in [0.15, 0.2) is 41.3 Å². The van der Waals surface area contributed by atoms with Crippen LogP contribution in [0, 0.1) is 0 Å². The first-order valence-corrected chi connectivity index (χ1v) is 9.87. The van der Waals surface area contributed by atoms with Crippen LogP contribution in [0.3, 0.4) is 0 Å². The van der Waals surface area contributed by atoms with Crippen LogP contribution >= 0.6 is 12.4 Å². The van der Waals surface area contributed by atoms with Gasteiger partial charge in [0.25, 0.3) is 0 Å². The van der Waals surface area contributed by atoms with E-state index in [1.165, 1.54) is 0 Å². The van der Waals surface area contributed by atoms with Gasteiger partial charge in [0.2, 0.25) is 10.0 Å². The lowest BCUT2D eigenvalue weighted by Gasteiger charge is -2.27. The number of methoxy groups -OCH3 is 1. The van der Waals surface area contributed by atoms with Crippen molar-refractivity contribution in [2.24, 2.45) is 0 Å². The van der Waals surface area contributed by atoms with E-state index in [9.17, 15) is 8.42 Å². The largest absolute Gasteiger partial charge is 0.496 e. The maximum Gasteiger partial charge on any atom is 0.244 e. The van der Waals surface area contributed by atoms with E-state index in [0.717, 1.165) is 43.1 Å². The van der Waals surface area contributed by atoms with Crippen molar-refractivity contribution in [1.82, 2.24) is 9.62 Å². The summed E-state index contributed by atoms with van der Waals surface area (Å²) >= 11 is 0. The Labute approximate surface area is 154 Å². The second-order valence-corrected chi connectivity index (χ2v) is 8.34. The Bertz CT molecular complexity index is 858. The van der Waals surface area contributed by atoms with Crippen LogP contribution < -0.4 is 10.1 Å². The average molecular weight is 383 g/mol. The number of nitrogens with zero attached hydrogens (tertiary/aromatic N) is 1. The van der Waals surface area contributed by atoms with E-state index in [1.807, 2.05) is 24.3 Å². The molecule has 2 fully saturated rings. The molecule has 2 bridgehead atoms. The third-order valence-electron chi connectivity index (χ3n) is 5.21. The third-order valence-corrected chi connectivity index (χ3v) is 7.27. The van der Waals surface area contributed by atoms with Gasteiger partial charge in [0.05, 0.1) is 12.0 Å². The van der Waals surface area contributed by atoms with Gasteiger partial charge in [-0.1, -0.05) is 24.3 Å². The lowest BCUT2D eigenvalue weighted by molar-refractivity contribution is 0.335. The number of hydrogen-bond donors (Lipinski definition) is 1. The Hall–Kier alpha value is -1.34. The predicted octanol–water partition coefficient (Wildman–Crippen LogP) is 2.79. The van der Waals surface area contributed by atoms with Gasteiger partial charge in [-0.05, 0) is 37.9 Å². The zero-order valence-corrected chi connectivity index (χ0v) is 15.8. The molecular weight excluding hydrogens is 360 g/mol. The predicted molar refractivity (Wildman–Crippen MR) is 101 cm³/mol. The van der Waals surface area contributed by atoms with Gasteiger partial charge in [0.1, 0.15) is 5.75 Å². The Morgan fingerprint density at radius 1 is 1.04 bits per heavy atom. The molecular formula is C18H23ClN2O3S. The summed E-state index contributed by atoms with van der Waals surface area (Å²) in [5.74, 6) is 0.699. The van der Waals surface area contributed by atoms with E-state index in [-0.39, 0.29) is 24.5 Å². The van der Waals surface area contributed by atoms with Crippen LogP contribution in [0.5, 0.6) is 5.75 Å². The van der Waals surface area contributed by atoms with Crippen LogP contribution in [0.25, 0.3) is 10.8 Å². The Balaban J connectivity index is 0.00000182. The molecule has 0 spiro atoms. The SMILES string of the molecule is COc1ccc(S(=O)(=O)N2C3CCNCC2CC3)c2ccccc12.Cl. The van der Waals surface area contributed by atoms with Crippen LogP contribution in [-0.2, 0) is 10.0 Å². The maximum absolute atomic E-state index is 13.5. The van der Waals surface area contributed by atoms with Gasteiger partial charge >= 0.3 is 0 Å². The van der Waals surface area contributed by atoms with E-state index < -0.39 is 10.0 Å². The fourth-order valence-corrected chi connectivity index (χ4v) is 6.19. The first kappa shape index (κ1) is 18.5. The second kappa shape index (κ2) is 7.11. The highest BCUT2D eigenvalue weighted by atomic mass is 35.5. The van der Waals surface area contributed by atoms with Crippen molar-refractivity contribution in [2.45, 2.75) is 36.2 Å². The number of hydrogen-bond acceptors (Lipinski definition) is 4. The molecule has 5 nitrogen and oxygen atoms in total. The van der Waals surface area contributed by atoms with Crippen LogP contribution in [0.2, 0.25) is 0 Å². The van der Waals surface area contributed by atoms with Crippen LogP contribution in [-0.4, -0.2) is 45.0 Å². The molecule has 2 saturated heterocycles. The second-order valence-electron chi connectivity index (χ2n) is 6.52. The monoisotopic (exact) mass is 382 g/mol. The maximum atomic E-state index is 13.5. The molecule has 0 saturated carbocycles. The Morgan fingerprint density at radius 3 is 2.52 bits per heavy atom. The molecule has 0 radical (unpaired) electrons. The quantitative estimate of drug-likeness (QED) is 0.886. The van der Waals surface area contributed by atoms with Crippen molar-refractivity contribution >= 4 is 33.2 Å². The molecule has 2 heterocycles. The minimum Gasteiger partial charge on any atom is -0.496 e. The molecule has 2 aromatic rings. The topological polar surface area (TPSA) is 58.6 Å². The van der Waals surface area contributed by atoms with Crippen molar-refractivity contribution in [2.75, 3.05) is 20.2 Å². The molecule has 2 unspecified atom stereocenters. The third kappa shape index (κ3) is 3.01. The normalized spacial score (nSPS) is 23.9. The van der Waals surface area contributed by atoms with Gasteiger partial charge in [-0.25, -0.2) is 8.42 Å². The van der Waals surface area contributed by atoms with Crippen molar-refractivity contribution in [1.29, 1.82) is 0 Å². The lowest BCUT2D eigenvalue weighted by Crippen LogP contribution is -2.42. The standard InChI is InChI=1S/C18H22N2O3S.ClH/c1-23-17-8-9-18(16-5-3-2-4-15(16)17)24(21,22)20-13-6-7-14(20)12-19-11-10-13;/h2-5,8-9,13-14,19H,6-7,10-12H2,1H3;1H. The fraction of sp³-hybridized carbons (Fsp3) is 0.444. The number of sulfonamides is 1. The van der Waals surface area contributed by atoms with E-state index >= 15 is 0 Å². The van der Waals surface area contributed by atoms with Crippen LogP contribution in [0.4, 0.5) is 0 Å². The molecule has 0 aliphatic carbocycles. The summed E-state index contributed by atoms with van der Waals surface area (Å²) in [4.78, 5) is 0.387. The minimum atomic E-state index is -3.54. The van der Waals surface area contributed by atoms with E-state index in [4.69, 9.17) is 4.74 Å². The zero-order valence-electron chi connectivity index (χ0n) is 14.1. The van der Waals surface area contributed by atoms with Gasteiger partial charge in [-0.2, -0.15) is 4.31 Å². The number of benzene rings is 2. The van der Waals surface area contributed by atoms with E-state index in [2.05, 4.69) is 5.32 Å². The summed E-state index contributed by atoms with van der Waals surface area (Å²) in [5.41, 5.74) is 0. The first-order chi connectivity index (χ1) is 11.6. The van der Waals surface area contributed by atoms with Crippen molar-refractivity contribution in [3.05, 3.63) is 36.4 Å². The lowest BCUT2D eigenvalue weighted by atomic mass is 10.1. The highest BCUT2D eigenvalue weighted by Crippen LogP contribution is 2.37. The molecule has 25 heavy (non-hydrogen) atoms. The zero-order chi connectivity index (χ0) is 16.7. The van der Waals surface area contributed by atoms with E-state index in [1.54, 1.807) is 23.5 Å². The number of ether oxygens (including phenoxy) is 1. The summed E-state index contributed by atoms with van der Waals surface area (Å²) in [6.45, 7) is 1.63. The smallest absolute Gasteiger partial charge is 0.244 e. The Morgan fingerprint density at radius 2 is 1.76 bits per heavy atom. The summed E-state index contributed by atoms with van der Waals surface area (Å²) in [6, 6.07) is 11.2. The highest BCUT2D eigenvalue weighted by Gasteiger charge is 2.43. The number of fused-ring (bicyclic) bond motifs is 3. The molecule has 0 amide bonds. The van der Waals surface area contributed by atoms with Gasteiger partial charge in [-0.3, -0.25) is 0 Å². The number of nitrogens with one attached hydrogen (secondary N) is 1. The summed E-state index contributed by atoms with van der Waals surface area (Å²) in [7, 11) is -1.93. The molecule has 4 rings (SSSR count). The van der Waals surface area contributed by atoms with Gasteiger partial charge in [-0.15, -0.1) is 12.4 Å². The molecule has 1 N–H and O–H groups in total. The molecule has 7 heteroatoms. The van der Waals surface area contributed by atoms with Gasteiger partial charge in [0, 0.05) is 29.4 Å². The van der Waals surface area contributed by atoms with Crippen molar-refractivity contribution in [3.63, 3.8) is 0 Å². The molecule has 2 aromatic carbocycles. The molecule has 2 atom stereocenters. The molecule has 2 aliphatic heterocycles. The highest BCUT2D eigenvalue weighted by molar-refractivity contribution is 7.89. The minimum absolute atomic E-state index is 0. The number of halogens is 1. The van der Waals surface area contributed by atoms with E-state index in [0.29, 0.717) is 10.6 Å². The van der Waals surface area contributed by atoms with Gasteiger partial charge in [0.15, 0.2) is 0 Å². The average Bonchev–Trinajstić information content (AvgIpc) is 2.87. The molecule has 136 valence electrons. The number of rotatable bonds is 3. The van der Waals surface area contributed by atoms with Gasteiger partial charge < -0.3 is 10.1 Å². The molecule has 2 aliphatic rings. The molecule has 0 aromatic heterocycles.